The van der Waals surface area contributed by atoms with Gasteiger partial charge < -0.3 is 15.8 Å². The minimum atomic E-state index is -0.615. The van der Waals surface area contributed by atoms with Crippen molar-refractivity contribution in [1.29, 1.82) is 0 Å². The fourth-order valence-corrected chi connectivity index (χ4v) is 2.47. The smallest absolute Gasteiger partial charge is 0.407 e. The molecule has 1 fully saturated rings. The second-order valence-corrected chi connectivity index (χ2v) is 6.43. The van der Waals surface area contributed by atoms with Gasteiger partial charge in [-0.2, -0.15) is 11.8 Å². The van der Waals surface area contributed by atoms with Gasteiger partial charge in [0.25, 0.3) is 5.91 Å². The van der Waals surface area contributed by atoms with Gasteiger partial charge in [0, 0.05) is 18.1 Å². The Morgan fingerprint density at radius 3 is 2.74 bits per heavy atom. The van der Waals surface area contributed by atoms with Crippen LogP contribution in [0.5, 0.6) is 0 Å². The van der Waals surface area contributed by atoms with Gasteiger partial charge in [0.2, 0.25) is 0 Å². The van der Waals surface area contributed by atoms with E-state index in [1.807, 2.05) is 0 Å². The highest BCUT2D eigenvalue weighted by Gasteiger charge is 2.44. The molecule has 0 aromatic carbocycles. The molecule has 0 aromatic heterocycles. The van der Waals surface area contributed by atoms with E-state index in [2.05, 4.69) is 5.32 Å². The number of hydroxylamine groups is 2. The summed E-state index contributed by atoms with van der Waals surface area (Å²) in [4.78, 5) is 22.3. The third-order valence-corrected chi connectivity index (χ3v) is 3.51. The summed E-state index contributed by atoms with van der Waals surface area (Å²) in [6.45, 7) is 5.85. The van der Waals surface area contributed by atoms with E-state index in [-0.39, 0.29) is 6.04 Å². The number of β-lactam (4-membered cyclic amide) rings is 1. The minimum Gasteiger partial charge on any atom is -0.444 e. The summed E-state index contributed by atoms with van der Waals surface area (Å²) in [5.74, 6) is 0.752. The van der Waals surface area contributed by atoms with E-state index in [1.54, 1.807) is 20.8 Å². The first-order valence-electron chi connectivity index (χ1n) is 6.04. The van der Waals surface area contributed by atoms with Crippen molar-refractivity contribution in [2.45, 2.75) is 38.5 Å². The fourth-order valence-electron chi connectivity index (χ4n) is 1.47. The standard InChI is InChI=1S/C11H21N3O4S/c1-11(2,3)18-10(16)13-4-5-19-6-7-8(12)9(15)14(7)17/h7-8,17H,4-6,12H2,1-3H3,(H,13,16)/t7-,8-/m0/s1. The highest BCUT2D eigenvalue weighted by Crippen LogP contribution is 2.19. The third-order valence-electron chi connectivity index (χ3n) is 2.44. The summed E-state index contributed by atoms with van der Waals surface area (Å²) in [5.41, 5.74) is 5.03. The zero-order chi connectivity index (χ0) is 14.6. The number of nitrogens with two attached hydrogens (primary N) is 1. The monoisotopic (exact) mass is 291 g/mol. The van der Waals surface area contributed by atoms with E-state index in [0.717, 1.165) is 0 Å². The van der Waals surface area contributed by atoms with Crippen LogP contribution in [0.2, 0.25) is 0 Å². The molecule has 19 heavy (non-hydrogen) atoms. The highest BCUT2D eigenvalue weighted by molar-refractivity contribution is 7.99. The molecule has 1 saturated heterocycles. The van der Waals surface area contributed by atoms with Crippen LogP contribution in [0.4, 0.5) is 4.79 Å². The maximum absolute atomic E-state index is 11.3. The first kappa shape index (κ1) is 16.1. The van der Waals surface area contributed by atoms with Crippen LogP contribution in [0.1, 0.15) is 20.8 Å². The molecule has 0 aliphatic carbocycles. The van der Waals surface area contributed by atoms with Gasteiger partial charge in [-0.25, -0.2) is 9.86 Å². The molecule has 2 amide bonds. The molecule has 0 aromatic rings. The van der Waals surface area contributed by atoms with Crippen molar-refractivity contribution in [2.75, 3.05) is 18.1 Å². The lowest BCUT2D eigenvalue weighted by atomic mass is 10.0. The van der Waals surface area contributed by atoms with Gasteiger partial charge in [0.1, 0.15) is 11.6 Å². The van der Waals surface area contributed by atoms with Gasteiger partial charge in [0.15, 0.2) is 0 Å². The Morgan fingerprint density at radius 1 is 1.58 bits per heavy atom. The number of rotatable bonds is 5. The van der Waals surface area contributed by atoms with Crippen LogP contribution in [0.25, 0.3) is 0 Å². The lowest BCUT2D eigenvalue weighted by Crippen LogP contribution is -2.68. The summed E-state index contributed by atoms with van der Waals surface area (Å²) < 4.78 is 5.07. The number of hydrogen-bond donors (Lipinski definition) is 3. The maximum atomic E-state index is 11.3. The molecule has 0 bridgehead atoms. The molecule has 0 radical (unpaired) electrons. The summed E-state index contributed by atoms with van der Waals surface area (Å²) in [6, 6.07) is -0.949. The van der Waals surface area contributed by atoms with E-state index in [4.69, 9.17) is 10.5 Å². The molecule has 4 N–H and O–H groups in total. The van der Waals surface area contributed by atoms with Crippen molar-refractivity contribution in [3.63, 3.8) is 0 Å². The van der Waals surface area contributed by atoms with E-state index in [9.17, 15) is 14.8 Å². The molecule has 7 nitrogen and oxygen atoms in total. The molecule has 0 unspecified atom stereocenters. The Kier molecular flexibility index (Phi) is 5.45. The Hall–Kier alpha value is -0.990. The molecule has 1 aliphatic rings. The molecular weight excluding hydrogens is 270 g/mol. The van der Waals surface area contributed by atoms with Crippen molar-refractivity contribution in [3.8, 4) is 0 Å². The van der Waals surface area contributed by atoms with Crippen molar-refractivity contribution < 1.29 is 19.5 Å². The quantitative estimate of drug-likeness (QED) is 0.379. The fraction of sp³-hybridized carbons (Fsp3) is 0.818. The summed E-state index contributed by atoms with van der Waals surface area (Å²) in [6.07, 6.45) is -0.451. The molecule has 1 aliphatic heterocycles. The Labute approximate surface area is 116 Å². The predicted octanol–water partition coefficient (Wildman–Crippen LogP) is 0.172. The number of alkyl carbamates (subject to hydrolysis) is 1. The average molecular weight is 291 g/mol. The van der Waals surface area contributed by atoms with Crippen LogP contribution in [-0.4, -0.2) is 58.0 Å². The van der Waals surface area contributed by atoms with E-state index in [1.165, 1.54) is 11.8 Å². The largest absolute Gasteiger partial charge is 0.444 e. The number of nitrogens with zero attached hydrogens (tertiary/aromatic N) is 1. The molecule has 2 atom stereocenters. The Bertz CT molecular complexity index is 333. The van der Waals surface area contributed by atoms with Gasteiger partial charge in [-0.1, -0.05) is 0 Å². The summed E-state index contributed by atoms with van der Waals surface area (Å²) in [5, 5.41) is 12.5. The van der Waals surface area contributed by atoms with Crippen LogP contribution in [0.3, 0.4) is 0 Å². The number of hydrogen-bond acceptors (Lipinski definition) is 6. The second kappa shape index (κ2) is 6.44. The molecule has 1 rings (SSSR count). The lowest BCUT2D eigenvalue weighted by molar-refractivity contribution is -0.203. The summed E-state index contributed by atoms with van der Waals surface area (Å²) in [7, 11) is 0. The van der Waals surface area contributed by atoms with Gasteiger partial charge >= 0.3 is 6.09 Å². The number of carbonyl (C=O) groups excluding carboxylic acids is 2. The van der Waals surface area contributed by atoms with Crippen molar-refractivity contribution in [2.24, 2.45) is 5.73 Å². The minimum absolute atomic E-state index is 0.334. The molecule has 110 valence electrons. The van der Waals surface area contributed by atoms with E-state index in [0.29, 0.717) is 23.1 Å². The first-order chi connectivity index (χ1) is 8.72. The van der Waals surface area contributed by atoms with Crippen molar-refractivity contribution in [3.05, 3.63) is 0 Å². The van der Waals surface area contributed by atoms with Gasteiger partial charge in [-0.05, 0) is 20.8 Å². The number of thioether (sulfide) groups is 1. The molecular formula is C11H21N3O4S. The Balaban J connectivity index is 2.06. The molecule has 8 heteroatoms. The van der Waals surface area contributed by atoms with Gasteiger partial charge in [-0.15, -0.1) is 0 Å². The lowest BCUT2D eigenvalue weighted by Gasteiger charge is -2.40. The summed E-state index contributed by atoms with van der Waals surface area (Å²) >= 11 is 1.50. The average Bonchev–Trinajstić information content (AvgIpc) is 2.30. The number of nitrogens with one attached hydrogen (secondary N) is 1. The van der Waals surface area contributed by atoms with Crippen LogP contribution >= 0.6 is 11.8 Å². The normalized spacial score (nSPS) is 23.0. The number of ether oxygens (including phenoxy) is 1. The molecule has 0 spiro atoms. The van der Waals surface area contributed by atoms with Crippen molar-refractivity contribution >= 4 is 23.8 Å². The zero-order valence-electron chi connectivity index (χ0n) is 11.4. The van der Waals surface area contributed by atoms with Crippen LogP contribution < -0.4 is 11.1 Å². The first-order valence-corrected chi connectivity index (χ1v) is 7.20. The SMILES string of the molecule is CC(C)(C)OC(=O)NCCSC[C@H]1[C@H](N)C(=O)N1O. The molecule has 1 heterocycles. The van der Waals surface area contributed by atoms with Crippen LogP contribution in [0, 0.1) is 0 Å². The topological polar surface area (TPSA) is 105 Å². The van der Waals surface area contributed by atoms with Crippen LogP contribution in [0.15, 0.2) is 0 Å². The predicted molar refractivity (Wildman–Crippen MR) is 72.0 cm³/mol. The van der Waals surface area contributed by atoms with E-state index < -0.39 is 23.6 Å². The van der Waals surface area contributed by atoms with E-state index >= 15 is 0 Å². The maximum Gasteiger partial charge on any atom is 0.407 e. The number of carbonyl (C=O) groups is 2. The van der Waals surface area contributed by atoms with Crippen molar-refractivity contribution in [1.82, 2.24) is 10.4 Å². The molecule has 0 saturated carbocycles. The Morgan fingerprint density at radius 2 is 2.21 bits per heavy atom. The van der Waals surface area contributed by atoms with Gasteiger partial charge in [-0.3, -0.25) is 10.0 Å². The number of amides is 2. The van der Waals surface area contributed by atoms with Crippen LogP contribution in [-0.2, 0) is 9.53 Å². The second-order valence-electron chi connectivity index (χ2n) is 5.28. The third kappa shape index (κ3) is 4.88. The zero-order valence-corrected chi connectivity index (χ0v) is 12.2. The highest BCUT2D eigenvalue weighted by atomic mass is 32.2. The van der Waals surface area contributed by atoms with Gasteiger partial charge in [0.05, 0.1) is 6.04 Å².